The van der Waals surface area contributed by atoms with E-state index in [1.807, 2.05) is 13.8 Å². The van der Waals surface area contributed by atoms with E-state index in [-0.39, 0.29) is 24.6 Å². The number of hydrogen-bond acceptors (Lipinski definition) is 6. The Morgan fingerprint density at radius 3 is 2.58 bits per heavy atom. The van der Waals surface area contributed by atoms with Crippen LogP contribution in [0.15, 0.2) is 11.1 Å². The fraction of sp³-hybridized carbons (Fsp3) is 0.556. The van der Waals surface area contributed by atoms with Crippen molar-refractivity contribution in [2.75, 3.05) is 19.7 Å². The fourth-order valence-corrected chi connectivity index (χ4v) is 4.11. The van der Waals surface area contributed by atoms with E-state index in [0.29, 0.717) is 23.3 Å². The molecule has 0 saturated carbocycles. The molecule has 0 spiro atoms. The van der Waals surface area contributed by atoms with E-state index in [4.69, 9.17) is 4.74 Å². The maximum atomic E-state index is 12.6. The molecule has 0 N–H and O–H groups in total. The quantitative estimate of drug-likeness (QED) is 0.762. The van der Waals surface area contributed by atoms with Crippen LogP contribution < -0.4 is 5.56 Å². The number of carbonyl (C=O) groups is 2. The highest BCUT2D eigenvalue weighted by Crippen LogP contribution is 2.25. The predicted molar refractivity (Wildman–Crippen MR) is 99.4 cm³/mol. The van der Waals surface area contributed by atoms with E-state index in [9.17, 15) is 14.4 Å². The molecule has 7 nitrogen and oxygen atoms in total. The van der Waals surface area contributed by atoms with Gasteiger partial charge in [0, 0.05) is 18.0 Å². The Bertz CT molecular complexity index is 878. The van der Waals surface area contributed by atoms with Gasteiger partial charge in [0.25, 0.3) is 11.5 Å². The zero-order valence-electron chi connectivity index (χ0n) is 15.1. The van der Waals surface area contributed by atoms with Crippen LogP contribution >= 0.6 is 11.3 Å². The molecule has 26 heavy (non-hydrogen) atoms. The molecule has 8 heteroatoms. The monoisotopic (exact) mass is 377 g/mol. The molecule has 0 aromatic carbocycles. The third-order valence-electron chi connectivity index (χ3n) is 4.77. The number of aromatic nitrogens is 2. The first kappa shape index (κ1) is 18.6. The van der Waals surface area contributed by atoms with Gasteiger partial charge < -0.3 is 9.64 Å². The lowest BCUT2D eigenvalue weighted by molar-refractivity contribution is -0.152. The number of hydrogen-bond donors (Lipinski definition) is 0. The van der Waals surface area contributed by atoms with E-state index in [1.165, 1.54) is 22.2 Å². The van der Waals surface area contributed by atoms with Crippen LogP contribution in [0.3, 0.4) is 0 Å². The van der Waals surface area contributed by atoms with Gasteiger partial charge in [0.15, 0.2) is 6.61 Å². The maximum Gasteiger partial charge on any atom is 0.326 e. The van der Waals surface area contributed by atoms with Crippen LogP contribution in [0, 0.1) is 13.8 Å². The highest BCUT2D eigenvalue weighted by Gasteiger charge is 2.18. The molecule has 2 aromatic heterocycles. The van der Waals surface area contributed by atoms with Crippen LogP contribution in [-0.2, 0) is 20.9 Å². The molecule has 1 fully saturated rings. The minimum atomic E-state index is -0.610. The van der Waals surface area contributed by atoms with Crippen molar-refractivity contribution in [2.24, 2.45) is 0 Å². The van der Waals surface area contributed by atoms with Gasteiger partial charge >= 0.3 is 5.97 Å². The minimum absolute atomic E-state index is 0.175. The number of esters is 1. The van der Waals surface area contributed by atoms with Gasteiger partial charge in [-0.05, 0) is 32.3 Å². The summed E-state index contributed by atoms with van der Waals surface area (Å²) in [4.78, 5) is 44.5. The Morgan fingerprint density at radius 2 is 1.88 bits per heavy atom. The Morgan fingerprint density at radius 1 is 1.19 bits per heavy atom. The zero-order chi connectivity index (χ0) is 18.7. The SMILES string of the molecule is Cc1sc2ncn(CC(=O)OCC(=O)N3CCCCCC3)c(=O)c2c1C. The van der Waals surface area contributed by atoms with Gasteiger partial charge in [0.2, 0.25) is 0 Å². The lowest BCUT2D eigenvalue weighted by Gasteiger charge is -2.19. The molecule has 0 aliphatic carbocycles. The van der Waals surface area contributed by atoms with E-state index in [1.54, 1.807) is 4.90 Å². The highest BCUT2D eigenvalue weighted by molar-refractivity contribution is 7.18. The van der Waals surface area contributed by atoms with Crippen molar-refractivity contribution in [1.29, 1.82) is 0 Å². The largest absolute Gasteiger partial charge is 0.454 e. The van der Waals surface area contributed by atoms with Gasteiger partial charge in [-0.2, -0.15) is 0 Å². The van der Waals surface area contributed by atoms with Gasteiger partial charge in [-0.1, -0.05) is 12.8 Å². The molecule has 2 aromatic rings. The van der Waals surface area contributed by atoms with Crippen molar-refractivity contribution >= 4 is 33.4 Å². The van der Waals surface area contributed by atoms with E-state index < -0.39 is 5.97 Å². The maximum absolute atomic E-state index is 12.6. The molecule has 0 atom stereocenters. The second-order valence-electron chi connectivity index (χ2n) is 6.60. The van der Waals surface area contributed by atoms with Crippen LogP contribution in [0.2, 0.25) is 0 Å². The normalized spacial score (nSPS) is 15.1. The molecule has 0 radical (unpaired) electrons. The van der Waals surface area contributed by atoms with Crippen molar-refractivity contribution in [3.63, 3.8) is 0 Å². The third kappa shape index (κ3) is 3.95. The molecular weight excluding hydrogens is 354 g/mol. The average Bonchev–Trinajstić information content (AvgIpc) is 2.82. The lowest BCUT2D eigenvalue weighted by Crippen LogP contribution is -2.36. The first-order chi connectivity index (χ1) is 12.5. The van der Waals surface area contributed by atoms with Crippen molar-refractivity contribution in [1.82, 2.24) is 14.5 Å². The Balaban J connectivity index is 1.62. The number of thiophene rings is 1. The standard InChI is InChI=1S/C18H23N3O4S/c1-12-13(2)26-17-16(12)18(24)21(11-19-17)9-15(23)25-10-14(22)20-7-5-3-4-6-8-20/h11H,3-10H2,1-2H3. The van der Waals surface area contributed by atoms with Gasteiger partial charge in [0.05, 0.1) is 11.7 Å². The Labute approximate surface area is 155 Å². The van der Waals surface area contributed by atoms with Crippen molar-refractivity contribution < 1.29 is 14.3 Å². The second kappa shape index (κ2) is 7.99. The summed E-state index contributed by atoms with van der Waals surface area (Å²) in [5.74, 6) is -0.786. The second-order valence-corrected chi connectivity index (χ2v) is 7.80. The Kier molecular flexibility index (Phi) is 5.70. The van der Waals surface area contributed by atoms with Crippen LogP contribution in [-0.4, -0.2) is 46.0 Å². The molecule has 3 heterocycles. The summed E-state index contributed by atoms with van der Waals surface area (Å²) in [7, 11) is 0. The summed E-state index contributed by atoms with van der Waals surface area (Å²) < 4.78 is 6.33. The molecule has 1 amide bonds. The summed E-state index contributed by atoms with van der Waals surface area (Å²) in [5, 5.41) is 0.545. The molecule has 1 saturated heterocycles. The van der Waals surface area contributed by atoms with Gasteiger partial charge in [-0.15, -0.1) is 11.3 Å². The fourth-order valence-electron chi connectivity index (χ4n) is 3.12. The van der Waals surface area contributed by atoms with Crippen LogP contribution in [0.1, 0.15) is 36.1 Å². The third-order valence-corrected chi connectivity index (χ3v) is 5.89. The summed E-state index contributed by atoms with van der Waals surface area (Å²) in [6.07, 6.45) is 5.59. The van der Waals surface area contributed by atoms with Crippen LogP contribution in [0.25, 0.3) is 10.2 Å². The topological polar surface area (TPSA) is 81.5 Å². The van der Waals surface area contributed by atoms with Crippen LogP contribution in [0.4, 0.5) is 0 Å². The Hall–Kier alpha value is -2.22. The van der Waals surface area contributed by atoms with Crippen LogP contribution in [0.5, 0.6) is 0 Å². The number of nitrogens with zero attached hydrogens (tertiary/aromatic N) is 3. The number of rotatable bonds is 4. The van der Waals surface area contributed by atoms with E-state index >= 15 is 0 Å². The molecule has 1 aliphatic rings. The molecule has 1 aliphatic heterocycles. The average molecular weight is 377 g/mol. The predicted octanol–water partition coefficient (Wildman–Crippen LogP) is 2.02. The van der Waals surface area contributed by atoms with E-state index in [0.717, 1.165) is 36.1 Å². The van der Waals surface area contributed by atoms with Crippen molar-refractivity contribution in [2.45, 2.75) is 46.1 Å². The summed E-state index contributed by atoms with van der Waals surface area (Å²) in [6.45, 7) is 4.72. The van der Waals surface area contributed by atoms with Crippen molar-refractivity contribution in [3.05, 3.63) is 27.1 Å². The highest BCUT2D eigenvalue weighted by atomic mass is 32.1. The summed E-state index contributed by atoms with van der Waals surface area (Å²) in [5.41, 5.74) is 0.634. The number of fused-ring (bicyclic) bond motifs is 1. The molecule has 3 rings (SSSR count). The minimum Gasteiger partial charge on any atom is -0.454 e. The first-order valence-electron chi connectivity index (χ1n) is 8.86. The zero-order valence-corrected chi connectivity index (χ0v) is 15.9. The molecule has 140 valence electrons. The molecular formula is C18H23N3O4S. The summed E-state index contributed by atoms with van der Waals surface area (Å²) >= 11 is 1.46. The lowest BCUT2D eigenvalue weighted by atomic mass is 10.2. The number of likely N-dealkylation sites (tertiary alicyclic amines) is 1. The first-order valence-corrected chi connectivity index (χ1v) is 9.67. The number of aryl methyl sites for hydroxylation is 2. The van der Waals surface area contributed by atoms with Crippen molar-refractivity contribution in [3.8, 4) is 0 Å². The molecule has 0 unspecified atom stereocenters. The van der Waals surface area contributed by atoms with E-state index in [2.05, 4.69) is 4.98 Å². The van der Waals surface area contributed by atoms with Gasteiger partial charge in [0.1, 0.15) is 11.4 Å². The molecule has 0 bridgehead atoms. The number of amides is 1. The summed E-state index contributed by atoms with van der Waals surface area (Å²) in [6, 6.07) is 0. The van der Waals surface area contributed by atoms with Gasteiger partial charge in [-0.25, -0.2) is 4.98 Å². The number of ether oxygens (including phenoxy) is 1. The smallest absolute Gasteiger partial charge is 0.326 e. The van der Waals surface area contributed by atoms with Gasteiger partial charge in [-0.3, -0.25) is 19.0 Å². The number of carbonyl (C=O) groups excluding carboxylic acids is 2.